The van der Waals surface area contributed by atoms with Crippen LogP contribution in [0.1, 0.15) is 15.4 Å². The molecule has 0 spiro atoms. The van der Waals surface area contributed by atoms with E-state index in [4.69, 9.17) is 5.73 Å². The average Bonchev–Trinajstić information content (AvgIpc) is 2.74. The average molecular weight is 287 g/mol. The second-order valence-electron chi connectivity index (χ2n) is 4.44. The number of fused-ring (bicyclic) bond motifs is 1. The quantitative estimate of drug-likeness (QED) is 0.860. The summed E-state index contributed by atoms with van der Waals surface area (Å²) in [7, 11) is 0. The molecule has 0 aliphatic carbocycles. The monoisotopic (exact) mass is 287 g/mol. The molecule has 0 saturated carbocycles. The van der Waals surface area contributed by atoms with Crippen LogP contribution < -0.4 is 5.73 Å². The lowest BCUT2D eigenvalue weighted by atomic mass is 10.2. The van der Waals surface area contributed by atoms with Crippen LogP contribution in [0, 0.1) is 6.92 Å². The SMILES string of the molecule is C=CCN(CC=C)C(=O)c1sc2nc(C)ccc2c1N. The Bertz CT molecular complexity index is 665. The third kappa shape index (κ3) is 2.58. The normalized spacial score (nSPS) is 10.4. The Kier molecular flexibility index (Phi) is 4.20. The maximum absolute atomic E-state index is 12.5. The molecule has 0 aliphatic heterocycles. The Morgan fingerprint density at radius 1 is 1.40 bits per heavy atom. The summed E-state index contributed by atoms with van der Waals surface area (Å²) in [6.07, 6.45) is 3.38. The lowest BCUT2D eigenvalue weighted by Gasteiger charge is -2.18. The van der Waals surface area contributed by atoms with E-state index in [1.165, 1.54) is 11.3 Å². The fraction of sp³-hybridized carbons (Fsp3) is 0.200. The molecule has 2 rings (SSSR count). The number of carbonyl (C=O) groups is 1. The molecule has 0 bridgehead atoms. The number of hydrogen-bond donors (Lipinski definition) is 1. The number of aryl methyl sites for hydroxylation is 1. The maximum atomic E-state index is 12.5. The number of pyridine rings is 1. The van der Waals surface area contributed by atoms with Crippen LogP contribution in [-0.4, -0.2) is 28.9 Å². The molecule has 0 fully saturated rings. The van der Waals surface area contributed by atoms with Gasteiger partial charge < -0.3 is 10.6 Å². The fourth-order valence-electron chi connectivity index (χ4n) is 1.94. The predicted octanol–water partition coefficient (Wildman–Crippen LogP) is 3.00. The number of nitrogens with two attached hydrogens (primary N) is 1. The first-order valence-electron chi connectivity index (χ1n) is 6.25. The number of amides is 1. The summed E-state index contributed by atoms with van der Waals surface area (Å²) in [6.45, 7) is 10.2. The molecule has 0 aromatic carbocycles. The van der Waals surface area contributed by atoms with Crippen molar-refractivity contribution in [2.75, 3.05) is 18.8 Å². The highest BCUT2D eigenvalue weighted by atomic mass is 32.1. The van der Waals surface area contributed by atoms with Crippen molar-refractivity contribution in [2.45, 2.75) is 6.92 Å². The van der Waals surface area contributed by atoms with Gasteiger partial charge in [0.25, 0.3) is 5.91 Å². The molecule has 2 aromatic rings. The van der Waals surface area contributed by atoms with Crippen molar-refractivity contribution in [1.82, 2.24) is 9.88 Å². The molecule has 2 aromatic heterocycles. The summed E-state index contributed by atoms with van der Waals surface area (Å²) in [5.41, 5.74) is 7.50. The van der Waals surface area contributed by atoms with Gasteiger partial charge in [0.05, 0.1) is 5.69 Å². The Hall–Kier alpha value is -2.14. The van der Waals surface area contributed by atoms with Crippen LogP contribution >= 0.6 is 11.3 Å². The summed E-state index contributed by atoms with van der Waals surface area (Å²) in [4.78, 5) is 19.9. The lowest BCUT2D eigenvalue weighted by Crippen LogP contribution is -2.31. The van der Waals surface area contributed by atoms with Crippen LogP contribution in [0.15, 0.2) is 37.4 Å². The molecular weight excluding hydrogens is 270 g/mol. The third-order valence-electron chi connectivity index (χ3n) is 2.91. The van der Waals surface area contributed by atoms with Gasteiger partial charge in [-0.25, -0.2) is 4.98 Å². The van der Waals surface area contributed by atoms with Gasteiger partial charge in [0.15, 0.2) is 0 Å². The van der Waals surface area contributed by atoms with E-state index in [1.807, 2.05) is 19.1 Å². The largest absolute Gasteiger partial charge is 0.397 e. The minimum absolute atomic E-state index is 0.108. The zero-order chi connectivity index (χ0) is 14.7. The first-order chi connectivity index (χ1) is 9.58. The number of anilines is 1. The second kappa shape index (κ2) is 5.88. The number of nitrogen functional groups attached to an aromatic ring is 1. The minimum atomic E-state index is -0.108. The van der Waals surface area contributed by atoms with Crippen molar-refractivity contribution in [2.24, 2.45) is 0 Å². The molecule has 0 aliphatic rings. The molecule has 104 valence electrons. The van der Waals surface area contributed by atoms with Crippen molar-refractivity contribution in [1.29, 1.82) is 0 Å². The molecule has 5 heteroatoms. The van der Waals surface area contributed by atoms with E-state index in [2.05, 4.69) is 18.1 Å². The predicted molar refractivity (Wildman–Crippen MR) is 85.1 cm³/mol. The Labute approximate surface area is 122 Å². The van der Waals surface area contributed by atoms with Gasteiger partial charge in [-0.3, -0.25) is 4.79 Å². The number of aromatic nitrogens is 1. The first kappa shape index (κ1) is 14.3. The van der Waals surface area contributed by atoms with Crippen LogP contribution in [0.25, 0.3) is 10.2 Å². The molecule has 0 saturated heterocycles. The summed E-state index contributed by atoms with van der Waals surface area (Å²) < 4.78 is 0. The van der Waals surface area contributed by atoms with Crippen LogP contribution in [-0.2, 0) is 0 Å². The van der Waals surface area contributed by atoms with E-state index >= 15 is 0 Å². The van der Waals surface area contributed by atoms with Crippen LogP contribution in [0.4, 0.5) is 5.69 Å². The molecule has 0 atom stereocenters. The standard InChI is InChI=1S/C15H17N3OS/c1-4-8-18(9-5-2)15(19)13-12(16)11-7-6-10(3)17-14(11)20-13/h4-7H,1-2,8-9,16H2,3H3. The minimum Gasteiger partial charge on any atom is -0.397 e. The smallest absolute Gasteiger partial charge is 0.266 e. The molecule has 2 N–H and O–H groups in total. The first-order valence-corrected chi connectivity index (χ1v) is 7.06. The molecule has 1 amide bonds. The lowest BCUT2D eigenvalue weighted by molar-refractivity contribution is 0.0796. The summed E-state index contributed by atoms with van der Waals surface area (Å²) >= 11 is 1.33. The Balaban J connectivity index is 2.45. The third-order valence-corrected chi connectivity index (χ3v) is 4.02. The Morgan fingerprint density at radius 3 is 2.65 bits per heavy atom. The van der Waals surface area contributed by atoms with E-state index in [0.717, 1.165) is 15.9 Å². The Morgan fingerprint density at radius 2 is 2.05 bits per heavy atom. The molecule has 0 unspecified atom stereocenters. The number of carbonyl (C=O) groups excluding carboxylic acids is 1. The van der Waals surface area contributed by atoms with E-state index in [9.17, 15) is 4.79 Å². The molecule has 4 nitrogen and oxygen atoms in total. The summed E-state index contributed by atoms with van der Waals surface area (Å²) in [5.74, 6) is -0.108. The van der Waals surface area contributed by atoms with Gasteiger partial charge in [0.2, 0.25) is 0 Å². The number of hydrogen-bond acceptors (Lipinski definition) is 4. The highest BCUT2D eigenvalue weighted by Gasteiger charge is 2.21. The van der Waals surface area contributed by atoms with Gasteiger partial charge in [0, 0.05) is 24.2 Å². The molecule has 0 radical (unpaired) electrons. The number of nitrogens with zero attached hydrogens (tertiary/aromatic N) is 2. The highest BCUT2D eigenvalue weighted by molar-refractivity contribution is 7.21. The van der Waals surface area contributed by atoms with E-state index in [1.54, 1.807) is 17.1 Å². The topological polar surface area (TPSA) is 59.2 Å². The van der Waals surface area contributed by atoms with Gasteiger partial charge in [-0.2, -0.15) is 0 Å². The van der Waals surface area contributed by atoms with Gasteiger partial charge in [-0.1, -0.05) is 12.2 Å². The van der Waals surface area contributed by atoms with Gasteiger partial charge in [-0.15, -0.1) is 24.5 Å². The summed E-state index contributed by atoms with van der Waals surface area (Å²) in [6, 6.07) is 3.80. The fourth-order valence-corrected chi connectivity index (χ4v) is 3.05. The van der Waals surface area contributed by atoms with Gasteiger partial charge >= 0.3 is 0 Å². The zero-order valence-corrected chi connectivity index (χ0v) is 12.2. The van der Waals surface area contributed by atoms with Crippen molar-refractivity contribution in [3.05, 3.63) is 48.0 Å². The van der Waals surface area contributed by atoms with E-state index in [0.29, 0.717) is 23.7 Å². The molecule has 20 heavy (non-hydrogen) atoms. The van der Waals surface area contributed by atoms with Gasteiger partial charge in [-0.05, 0) is 19.1 Å². The maximum Gasteiger partial charge on any atom is 0.266 e. The van der Waals surface area contributed by atoms with E-state index < -0.39 is 0 Å². The number of thiophene rings is 1. The van der Waals surface area contributed by atoms with E-state index in [-0.39, 0.29) is 5.91 Å². The zero-order valence-electron chi connectivity index (χ0n) is 11.4. The van der Waals surface area contributed by atoms with Crippen molar-refractivity contribution in [3.8, 4) is 0 Å². The molecular formula is C15H17N3OS. The molecule has 2 heterocycles. The van der Waals surface area contributed by atoms with Crippen LogP contribution in [0.3, 0.4) is 0 Å². The van der Waals surface area contributed by atoms with Crippen molar-refractivity contribution in [3.63, 3.8) is 0 Å². The van der Waals surface area contributed by atoms with Crippen LogP contribution in [0.2, 0.25) is 0 Å². The van der Waals surface area contributed by atoms with Crippen molar-refractivity contribution < 1.29 is 4.79 Å². The van der Waals surface area contributed by atoms with Crippen LogP contribution in [0.5, 0.6) is 0 Å². The highest BCUT2D eigenvalue weighted by Crippen LogP contribution is 2.33. The summed E-state index contributed by atoms with van der Waals surface area (Å²) in [5, 5.41) is 0.834. The second-order valence-corrected chi connectivity index (χ2v) is 5.44. The van der Waals surface area contributed by atoms with Crippen molar-refractivity contribution >= 4 is 33.1 Å². The number of rotatable bonds is 5. The van der Waals surface area contributed by atoms with Gasteiger partial charge in [0.1, 0.15) is 9.71 Å².